The van der Waals surface area contributed by atoms with Crippen LogP contribution < -0.4 is 11.1 Å². The number of nitrogens with two attached hydrogens (primary N) is 1. The molecule has 5 heteroatoms. The average molecular weight is 294 g/mol. The summed E-state index contributed by atoms with van der Waals surface area (Å²) in [4.78, 5) is 16.6. The molecule has 1 unspecified atom stereocenters. The number of piperidine rings is 1. The van der Waals surface area contributed by atoms with Crippen molar-refractivity contribution < 1.29 is 4.79 Å². The van der Waals surface area contributed by atoms with Crippen LogP contribution in [0.1, 0.15) is 38.5 Å². The highest BCUT2D eigenvalue weighted by Gasteiger charge is 2.30. The zero-order valence-corrected chi connectivity index (χ0v) is 13.1. The van der Waals surface area contributed by atoms with E-state index in [9.17, 15) is 4.79 Å². The zero-order valence-electron chi connectivity index (χ0n) is 13.1. The van der Waals surface area contributed by atoms with Gasteiger partial charge in [0.05, 0.1) is 6.04 Å². The summed E-state index contributed by atoms with van der Waals surface area (Å²) in [5.74, 6) is 0.656. The lowest BCUT2D eigenvalue weighted by molar-refractivity contribution is -0.120. The molecule has 21 heavy (non-hydrogen) atoms. The molecule has 0 aromatic carbocycles. The van der Waals surface area contributed by atoms with Crippen LogP contribution in [0, 0.1) is 5.92 Å². The average Bonchev–Trinajstić information content (AvgIpc) is 3.14. The fourth-order valence-electron chi connectivity index (χ4n) is 3.70. The van der Waals surface area contributed by atoms with Gasteiger partial charge in [-0.3, -0.25) is 4.79 Å². The van der Waals surface area contributed by atoms with Gasteiger partial charge in [0.15, 0.2) is 0 Å². The third-order valence-electron chi connectivity index (χ3n) is 5.22. The van der Waals surface area contributed by atoms with Crippen molar-refractivity contribution in [3.63, 3.8) is 0 Å². The number of likely N-dealkylation sites (tertiary alicyclic amines) is 2. The molecule has 3 rings (SSSR count). The molecular weight excluding hydrogens is 264 g/mol. The highest BCUT2D eigenvalue weighted by atomic mass is 16.1. The van der Waals surface area contributed by atoms with Crippen molar-refractivity contribution >= 4 is 5.91 Å². The van der Waals surface area contributed by atoms with Crippen molar-refractivity contribution in [3.05, 3.63) is 0 Å². The molecule has 120 valence electrons. The third kappa shape index (κ3) is 4.66. The quantitative estimate of drug-likeness (QED) is 0.713. The van der Waals surface area contributed by atoms with Gasteiger partial charge in [0.1, 0.15) is 0 Å². The second-order valence-electron chi connectivity index (χ2n) is 7.15. The van der Waals surface area contributed by atoms with E-state index >= 15 is 0 Å². The Bertz CT molecular complexity index is 344. The minimum atomic E-state index is -0.193. The number of carbonyl (C=O) groups is 1. The van der Waals surface area contributed by atoms with Crippen LogP contribution in [0.25, 0.3) is 0 Å². The lowest BCUT2D eigenvalue weighted by Crippen LogP contribution is -2.51. The van der Waals surface area contributed by atoms with Gasteiger partial charge in [0.25, 0.3) is 0 Å². The number of hydrogen-bond donors (Lipinski definition) is 2. The largest absolute Gasteiger partial charge is 0.368 e. The van der Waals surface area contributed by atoms with E-state index in [1.54, 1.807) is 0 Å². The van der Waals surface area contributed by atoms with Crippen molar-refractivity contribution in [1.29, 1.82) is 0 Å². The van der Waals surface area contributed by atoms with E-state index in [-0.39, 0.29) is 11.9 Å². The van der Waals surface area contributed by atoms with E-state index < -0.39 is 0 Å². The summed E-state index contributed by atoms with van der Waals surface area (Å²) >= 11 is 0. The highest BCUT2D eigenvalue weighted by Crippen LogP contribution is 2.22. The Morgan fingerprint density at radius 1 is 1.05 bits per heavy atom. The van der Waals surface area contributed by atoms with Crippen LogP contribution in [0.2, 0.25) is 0 Å². The van der Waals surface area contributed by atoms with E-state index in [0.29, 0.717) is 6.04 Å². The van der Waals surface area contributed by atoms with E-state index in [2.05, 4.69) is 15.1 Å². The molecule has 0 aromatic rings. The molecule has 2 heterocycles. The van der Waals surface area contributed by atoms with Crippen molar-refractivity contribution in [2.24, 2.45) is 11.7 Å². The summed E-state index contributed by atoms with van der Waals surface area (Å²) in [5, 5.41) is 3.38. The minimum absolute atomic E-state index is 0.160. The number of rotatable bonds is 7. The second-order valence-corrected chi connectivity index (χ2v) is 7.15. The topological polar surface area (TPSA) is 61.6 Å². The molecule has 3 fully saturated rings. The van der Waals surface area contributed by atoms with Gasteiger partial charge in [0.2, 0.25) is 5.91 Å². The first-order valence-electron chi connectivity index (χ1n) is 8.71. The van der Waals surface area contributed by atoms with Gasteiger partial charge >= 0.3 is 0 Å². The van der Waals surface area contributed by atoms with Crippen LogP contribution in [0.5, 0.6) is 0 Å². The van der Waals surface area contributed by atoms with Crippen LogP contribution in [0.15, 0.2) is 0 Å². The summed E-state index contributed by atoms with van der Waals surface area (Å²) in [6.45, 7) is 6.92. The smallest absolute Gasteiger partial charge is 0.235 e. The summed E-state index contributed by atoms with van der Waals surface area (Å²) in [6, 6.07) is 0.378. The Labute approximate surface area is 128 Å². The van der Waals surface area contributed by atoms with Crippen LogP contribution in [-0.2, 0) is 4.79 Å². The Kier molecular flexibility index (Phi) is 5.14. The Morgan fingerprint density at radius 2 is 1.71 bits per heavy atom. The molecular formula is C16H30N4O. The van der Waals surface area contributed by atoms with Crippen molar-refractivity contribution in [2.45, 2.75) is 50.6 Å². The fourth-order valence-corrected chi connectivity index (χ4v) is 3.70. The van der Waals surface area contributed by atoms with Crippen molar-refractivity contribution in [3.8, 4) is 0 Å². The van der Waals surface area contributed by atoms with Gasteiger partial charge in [-0.15, -0.1) is 0 Å². The molecule has 1 amide bonds. The van der Waals surface area contributed by atoms with Gasteiger partial charge in [-0.25, -0.2) is 0 Å². The van der Waals surface area contributed by atoms with E-state index in [1.165, 1.54) is 58.2 Å². The number of primary amides is 1. The van der Waals surface area contributed by atoms with E-state index in [1.807, 2.05) is 0 Å². The van der Waals surface area contributed by atoms with Gasteiger partial charge in [-0.1, -0.05) is 0 Å². The number of amides is 1. The maximum Gasteiger partial charge on any atom is 0.235 e. The van der Waals surface area contributed by atoms with Crippen molar-refractivity contribution in [1.82, 2.24) is 15.1 Å². The van der Waals surface area contributed by atoms with E-state index in [0.717, 1.165) is 25.6 Å². The molecule has 1 aliphatic carbocycles. The fraction of sp³-hybridized carbons (Fsp3) is 0.938. The molecule has 0 radical (unpaired) electrons. The standard InChI is InChI=1S/C16H30N4O/c17-16(21)15(18-14-3-4-14)12-20-9-5-13(6-10-20)11-19-7-1-2-8-19/h13-15,18H,1-12H2,(H2,17,21). The molecule has 5 nitrogen and oxygen atoms in total. The summed E-state index contributed by atoms with van der Waals surface area (Å²) in [5.41, 5.74) is 5.53. The Hall–Kier alpha value is -0.650. The molecule has 2 saturated heterocycles. The number of nitrogens with one attached hydrogen (secondary N) is 1. The highest BCUT2D eigenvalue weighted by molar-refractivity contribution is 5.80. The first-order chi connectivity index (χ1) is 10.2. The first kappa shape index (κ1) is 15.3. The molecule has 3 aliphatic rings. The monoisotopic (exact) mass is 294 g/mol. The molecule has 1 atom stereocenters. The molecule has 0 aromatic heterocycles. The van der Waals surface area contributed by atoms with Gasteiger partial charge < -0.3 is 20.9 Å². The minimum Gasteiger partial charge on any atom is -0.368 e. The molecule has 2 aliphatic heterocycles. The maximum atomic E-state index is 11.6. The van der Waals surface area contributed by atoms with Gasteiger partial charge in [-0.05, 0) is 70.6 Å². The van der Waals surface area contributed by atoms with Gasteiger partial charge in [0, 0.05) is 19.1 Å². The molecule has 3 N–H and O–H groups in total. The van der Waals surface area contributed by atoms with Crippen LogP contribution in [0.3, 0.4) is 0 Å². The van der Waals surface area contributed by atoms with Crippen LogP contribution >= 0.6 is 0 Å². The maximum absolute atomic E-state index is 11.6. The normalized spacial score (nSPS) is 27.0. The third-order valence-corrected chi connectivity index (χ3v) is 5.22. The predicted octanol–water partition coefficient (Wildman–Crippen LogP) is 0.400. The van der Waals surface area contributed by atoms with Crippen LogP contribution in [0.4, 0.5) is 0 Å². The lowest BCUT2D eigenvalue weighted by Gasteiger charge is -2.35. The first-order valence-corrected chi connectivity index (χ1v) is 8.71. The van der Waals surface area contributed by atoms with Crippen LogP contribution in [-0.4, -0.2) is 67.1 Å². The Balaban J connectivity index is 1.38. The number of carbonyl (C=O) groups excluding carboxylic acids is 1. The second kappa shape index (κ2) is 7.07. The SMILES string of the molecule is NC(=O)C(CN1CCC(CN2CCCC2)CC1)NC1CC1. The number of nitrogens with zero attached hydrogens (tertiary/aromatic N) is 2. The summed E-state index contributed by atoms with van der Waals surface area (Å²) < 4.78 is 0. The Morgan fingerprint density at radius 3 is 2.29 bits per heavy atom. The van der Waals surface area contributed by atoms with Crippen molar-refractivity contribution in [2.75, 3.05) is 39.3 Å². The number of hydrogen-bond acceptors (Lipinski definition) is 4. The van der Waals surface area contributed by atoms with Gasteiger partial charge in [-0.2, -0.15) is 0 Å². The zero-order chi connectivity index (χ0) is 14.7. The molecule has 0 spiro atoms. The lowest BCUT2D eigenvalue weighted by atomic mass is 9.96. The molecule has 1 saturated carbocycles. The predicted molar refractivity (Wildman–Crippen MR) is 84.0 cm³/mol. The summed E-state index contributed by atoms with van der Waals surface area (Å²) in [7, 11) is 0. The summed E-state index contributed by atoms with van der Waals surface area (Å²) in [6.07, 6.45) is 7.69. The molecule has 0 bridgehead atoms. The van der Waals surface area contributed by atoms with E-state index in [4.69, 9.17) is 5.73 Å².